The van der Waals surface area contributed by atoms with E-state index in [0.29, 0.717) is 6.42 Å². The molecule has 2 heteroatoms. The van der Waals surface area contributed by atoms with Crippen molar-refractivity contribution >= 4 is 0 Å². The molecular weight excluding hydrogens is 136 g/mol. The van der Waals surface area contributed by atoms with Gasteiger partial charge in [0.25, 0.3) is 0 Å². The summed E-state index contributed by atoms with van der Waals surface area (Å²) in [5.41, 5.74) is 0. The number of hydrogen-bond acceptors (Lipinski definition) is 2. The second-order valence-corrected chi connectivity index (χ2v) is 3.30. The first-order valence-electron chi connectivity index (χ1n) is 4.46. The molecular formula is C9H16N2. The van der Waals surface area contributed by atoms with Crippen LogP contribution in [0.5, 0.6) is 0 Å². The summed E-state index contributed by atoms with van der Waals surface area (Å²) in [7, 11) is 0. The molecule has 1 saturated heterocycles. The Morgan fingerprint density at radius 1 is 1.55 bits per heavy atom. The standard InChI is InChI=1S/C9H16N2/c1-2-9-7-11(8-9)6-4-3-5-10/h9H,2-4,6-8H2,1H3. The second-order valence-electron chi connectivity index (χ2n) is 3.30. The van der Waals surface area contributed by atoms with Gasteiger partial charge >= 0.3 is 0 Å². The predicted octanol–water partition coefficient (Wildman–Crippen LogP) is 1.63. The van der Waals surface area contributed by atoms with Crippen molar-refractivity contribution in [1.82, 2.24) is 4.90 Å². The third-order valence-corrected chi connectivity index (χ3v) is 2.37. The molecule has 1 heterocycles. The molecule has 0 radical (unpaired) electrons. The molecule has 11 heavy (non-hydrogen) atoms. The van der Waals surface area contributed by atoms with Crippen LogP contribution < -0.4 is 0 Å². The Bertz CT molecular complexity index is 142. The van der Waals surface area contributed by atoms with Crippen LogP contribution in [-0.2, 0) is 0 Å². The van der Waals surface area contributed by atoms with E-state index >= 15 is 0 Å². The Labute approximate surface area is 68.8 Å². The molecule has 2 nitrogen and oxygen atoms in total. The number of likely N-dealkylation sites (tertiary alicyclic amines) is 1. The fraction of sp³-hybridized carbons (Fsp3) is 0.889. The summed E-state index contributed by atoms with van der Waals surface area (Å²) in [6, 6.07) is 2.17. The normalized spacial score (nSPS) is 19.3. The maximum absolute atomic E-state index is 8.30. The zero-order valence-electron chi connectivity index (χ0n) is 7.21. The van der Waals surface area contributed by atoms with Gasteiger partial charge in [0.2, 0.25) is 0 Å². The van der Waals surface area contributed by atoms with Gasteiger partial charge in [0.1, 0.15) is 0 Å². The minimum atomic E-state index is 0.716. The van der Waals surface area contributed by atoms with Crippen LogP contribution in [0.1, 0.15) is 26.2 Å². The molecule has 0 unspecified atom stereocenters. The predicted molar refractivity (Wildman–Crippen MR) is 45.1 cm³/mol. The summed E-state index contributed by atoms with van der Waals surface area (Å²) < 4.78 is 0. The number of hydrogen-bond donors (Lipinski definition) is 0. The van der Waals surface area contributed by atoms with Crippen molar-refractivity contribution < 1.29 is 0 Å². The molecule has 1 aliphatic rings. The first kappa shape index (κ1) is 8.55. The van der Waals surface area contributed by atoms with Gasteiger partial charge in [-0.15, -0.1) is 0 Å². The van der Waals surface area contributed by atoms with E-state index in [1.165, 1.54) is 19.5 Å². The first-order valence-corrected chi connectivity index (χ1v) is 4.46. The van der Waals surface area contributed by atoms with Crippen LogP contribution in [-0.4, -0.2) is 24.5 Å². The Morgan fingerprint density at radius 2 is 2.27 bits per heavy atom. The van der Waals surface area contributed by atoms with E-state index < -0.39 is 0 Å². The maximum Gasteiger partial charge on any atom is 0.0622 e. The molecule has 0 atom stereocenters. The molecule has 0 bridgehead atoms. The van der Waals surface area contributed by atoms with Crippen LogP contribution in [0, 0.1) is 17.2 Å². The Kier molecular flexibility index (Phi) is 3.38. The summed E-state index contributed by atoms with van der Waals surface area (Å²) in [5.74, 6) is 0.942. The Hall–Kier alpha value is -0.550. The van der Waals surface area contributed by atoms with Gasteiger partial charge in [-0.3, -0.25) is 0 Å². The van der Waals surface area contributed by atoms with Crippen molar-refractivity contribution in [1.29, 1.82) is 5.26 Å². The molecule has 1 rings (SSSR count). The number of rotatable bonds is 4. The van der Waals surface area contributed by atoms with E-state index in [1.807, 2.05) is 0 Å². The van der Waals surface area contributed by atoms with E-state index in [1.54, 1.807) is 0 Å². The SMILES string of the molecule is CCC1CN(CCCC#N)C1. The van der Waals surface area contributed by atoms with Gasteiger partial charge in [0.05, 0.1) is 6.07 Å². The zero-order valence-corrected chi connectivity index (χ0v) is 7.21. The van der Waals surface area contributed by atoms with Crippen LogP contribution in [0.25, 0.3) is 0 Å². The monoisotopic (exact) mass is 152 g/mol. The van der Waals surface area contributed by atoms with E-state index in [2.05, 4.69) is 17.9 Å². The minimum absolute atomic E-state index is 0.716. The van der Waals surface area contributed by atoms with Crippen molar-refractivity contribution in [2.75, 3.05) is 19.6 Å². The van der Waals surface area contributed by atoms with Crippen molar-refractivity contribution in [2.45, 2.75) is 26.2 Å². The largest absolute Gasteiger partial charge is 0.303 e. The lowest BCUT2D eigenvalue weighted by Gasteiger charge is -2.38. The highest BCUT2D eigenvalue weighted by atomic mass is 15.2. The lowest BCUT2D eigenvalue weighted by atomic mass is 9.97. The van der Waals surface area contributed by atoms with Gasteiger partial charge in [-0.25, -0.2) is 0 Å². The first-order chi connectivity index (χ1) is 5.36. The molecule has 0 aromatic carbocycles. The van der Waals surface area contributed by atoms with Crippen LogP contribution in [0.15, 0.2) is 0 Å². The molecule has 0 N–H and O–H groups in total. The van der Waals surface area contributed by atoms with Crippen LogP contribution in [0.3, 0.4) is 0 Å². The molecule has 0 amide bonds. The zero-order chi connectivity index (χ0) is 8.10. The third kappa shape index (κ3) is 2.51. The van der Waals surface area contributed by atoms with Crippen LogP contribution in [0.4, 0.5) is 0 Å². The summed E-state index contributed by atoms with van der Waals surface area (Å²) in [4.78, 5) is 2.44. The van der Waals surface area contributed by atoms with Gasteiger partial charge in [-0.05, 0) is 18.9 Å². The molecule has 1 fully saturated rings. The Balaban J connectivity index is 1.93. The quantitative estimate of drug-likeness (QED) is 0.572. The van der Waals surface area contributed by atoms with Crippen LogP contribution in [0.2, 0.25) is 0 Å². The smallest absolute Gasteiger partial charge is 0.0622 e. The highest BCUT2D eigenvalue weighted by Gasteiger charge is 2.23. The summed E-state index contributed by atoms with van der Waals surface area (Å²) >= 11 is 0. The molecule has 62 valence electrons. The molecule has 0 aromatic heterocycles. The molecule has 1 aliphatic heterocycles. The third-order valence-electron chi connectivity index (χ3n) is 2.37. The molecule has 0 spiro atoms. The van der Waals surface area contributed by atoms with E-state index in [9.17, 15) is 0 Å². The lowest BCUT2D eigenvalue weighted by Crippen LogP contribution is -2.46. The Morgan fingerprint density at radius 3 is 2.82 bits per heavy atom. The summed E-state index contributed by atoms with van der Waals surface area (Å²) in [6.07, 6.45) is 3.08. The van der Waals surface area contributed by atoms with E-state index in [4.69, 9.17) is 5.26 Å². The molecule has 0 aliphatic carbocycles. The molecule has 0 aromatic rings. The highest BCUT2D eigenvalue weighted by Crippen LogP contribution is 2.18. The summed E-state index contributed by atoms with van der Waals surface area (Å²) in [5, 5.41) is 8.30. The number of nitriles is 1. The highest BCUT2D eigenvalue weighted by molar-refractivity contribution is 4.79. The van der Waals surface area contributed by atoms with Crippen molar-refractivity contribution in [2.24, 2.45) is 5.92 Å². The fourth-order valence-corrected chi connectivity index (χ4v) is 1.50. The second kappa shape index (κ2) is 4.35. The van der Waals surface area contributed by atoms with Crippen LogP contribution >= 0.6 is 0 Å². The molecule has 0 saturated carbocycles. The average molecular weight is 152 g/mol. The fourth-order valence-electron chi connectivity index (χ4n) is 1.50. The van der Waals surface area contributed by atoms with Crippen molar-refractivity contribution in [3.05, 3.63) is 0 Å². The van der Waals surface area contributed by atoms with Crippen molar-refractivity contribution in [3.8, 4) is 6.07 Å². The van der Waals surface area contributed by atoms with Gasteiger partial charge in [-0.1, -0.05) is 13.3 Å². The van der Waals surface area contributed by atoms with E-state index in [0.717, 1.165) is 18.9 Å². The van der Waals surface area contributed by atoms with Crippen molar-refractivity contribution in [3.63, 3.8) is 0 Å². The average Bonchev–Trinajstić information content (AvgIpc) is 1.94. The van der Waals surface area contributed by atoms with Gasteiger partial charge in [0.15, 0.2) is 0 Å². The van der Waals surface area contributed by atoms with Gasteiger partial charge in [-0.2, -0.15) is 5.26 Å². The van der Waals surface area contributed by atoms with Gasteiger partial charge < -0.3 is 4.90 Å². The van der Waals surface area contributed by atoms with Gasteiger partial charge in [0, 0.05) is 19.5 Å². The topological polar surface area (TPSA) is 27.0 Å². The minimum Gasteiger partial charge on any atom is -0.303 e. The maximum atomic E-state index is 8.30. The lowest BCUT2D eigenvalue weighted by molar-refractivity contribution is 0.0971. The summed E-state index contributed by atoms with van der Waals surface area (Å²) in [6.45, 7) is 5.91. The number of unbranched alkanes of at least 4 members (excludes halogenated alkanes) is 1. The van der Waals surface area contributed by atoms with E-state index in [-0.39, 0.29) is 0 Å². The number of nitrogens with zero attached hydrogens (tertiary/aromatic N) is 2.